The Morgan fingerprint density at radius 3 is 2.69 bits per heavy atom. The van der Waals surface area contributed by atoms with Crippen LogP contribution in [0.25, 0.3) is 11.2 Å². The Kier molecular flexibility index (Phi) is 7.86. The summed E-state index contributed by atoms with van der Waals surface area (Å²) in [6.45, 7) is 3.81. The van der Waals surface area contributed by atoms with Gasteiger partial charge < -0.3 is 40.0 Å². The van der Waals surface area contributed by atoms with E-state index in [1.165, 1.54) is 0 Å². The van der Waals surface area contributed by atoms with Crippen molar-refractivity contribution in [2.45, 2.75) is 43.3 Å². The van der Waals surface area contributed by atoms with Crippen LogP contribution in [-0.4, -0.2) is 61.7 Å². The van der Waals surface area contributed by atoms with E-state index in [4.69, 9.17) is 10.5 Å². The van der Waals surface area contributed by atoms with E-state index in [-0.39, 0.29) is 50.8 Å². The molecule has 1 aliphatic rings. The predicted octanol–water partition coefficient (Wildman–Crippen LogP) is 1.27. The number of nitrogens with two attached hydrogens (primary N) is 1. The van der Waals surface area contributed by atoms with E-state index in [0.29, 0.717) is 24.2 Å². The summed E-state index contributed by atoms with van der Waals surface area (Å²) in [5, 5.41) is 22.0. The molecule has 32 heavy (non-hydrogen) atoms. The second kappa shape index (κ2) is 9.92. The molecule has 0 aliphatic heterocycles. The van der Waals surface area contributed by atoms with Gasteiger partial charge in [0.2, 0.25) is 0 Å². The zero-order valence-corrected chi connectivity index (χ0v) is 22.1. The van der Waals surface area contributed by atoms with Crippen molar-refractivity contribution in [1.29, 1.82) is 0 Å². The zero-order valence-electron chi connectivity index (χ0n) is 18.2. The maximum Gasteiger partial charge on any atom is 0.186 e. The molecule has 3 aromatic rings. The molecule has 169 valence electrons. The van der Waals surface area contributed by atoms with Gasteiger partial charge >= 0.3 is 0 Å². The van der Waals surface area contributed by atoms with Gasteiger partial charge in [0.05, 0.1) is 32.2 Å². The molecule has 0 amide bonds. The average molecular weight is 531 g/mol. The molecule has 1 saturated carbocycles. The van der Waals surface area contributed by atoms with E-state index >= 15 is 0 Å². The molecule has 1 aliphatic carbocycles. The van der Waals surface area contributed by atoms with Gasteiger partial charge in [0.15, 0.2) is 8.32 Å². The number of hydrogen-bond acceptors (Lipinski definition) is 8. The quantitative estimate of drug-likeness (QED) is 0.264. The molecule has 4 rings (SSSR count). The van der Waals surface area contributed by atoms with Crippen molar-refractivity contribution in [2.24, 2.45) is 5.92 Å². The van der Waals surface area contributed by atoms with E-state index in [9.17, 15) is 15.0 Å². The summed E-state index contributed by atoms with van der Waals surface area (Å²) in [5.74, 6) is -0.408. The number of aliphatic hydroxyl groups is 2. The fraction of sp³-hybridized carbons (Fsp3) is 0.476. The number of benzene rings is 1. The van der Waals surface area contributed by atoms with Crippen molar-refractivity contribution in [3.8, 4) is 0 Å². The molecule has 0 bridgehead atoms. The molecule has 0 saturated heterocycles. The number of aromatic nitrogens is 4. The summed E-state index contributed by atoms with van der Waals surface area (Å²) in [6.07, 6.45) is 4.75. The van der Waals surface area contributed by atoms with Crippen LogP contribution in [0.1, 0.15) is 18.0 Å². The number of ether oxygens (including phenoxy) is 1. The first-order chi connectivity index (χ1) is 14.7. The van der Waals surface area contributed by atoms with E-state index in [2.05, 4.69) is 21.1 Å². The minimum absolute atomic E-state index is 0. The predicted molar refractivity (Wildman–Crippen MR) is 117 cm³/mol. The largest absolute Gasteiger partial charge is 0.432 e. The standard InChI is InChI=1S/C21H28N5O4Si.Y/c1-31(2,29)17-8-18(26-13-24-16-9-23-20(22)25-19(16)26)21(28,12-27)15(17)11-30-10-14-6-4-3-5-7-14;/h3-7,13,15,17-18,27-29H,8,10-12H2,1-2H3,(H2,22,23,25);/q-1;/t15-,17+,18+,21+;/m1./s1. The zero-order chi connectivity index (χ0) is 22.2. The second-order valence-electron chi connectivity index (χ2n) is 8.79. The summed E-state index contributed by atoms with van der Waals surface area (Å²) < 4.78 is 7.67. The van der Waals surface area contributed by atoms with Crippen molar-refractivity contribution in [2.75, 3.05) is 18.9 Å². The number of hydrogen-bond donors (Lipinski definition) is 4. The van der Waals surface area contributed by atoms with Gasteiger partial charge in [0.25, 0.3) is 0 Å². The van der Waals surface area contributed by atoms with Crippen molar-refractivity contribution < 1.29 is 52.5 Å². The van der Waals surface area contributed by atoms with Crippen LogP contribution in [0.15, 0.2) is 36.7 Å². The average Bonchev–Trinajstić information content (AvgIpc) is 3.27. The van der Waals surface area contributed by atoms with Crippen LogP contribution in [0.4, 0.5) is 5.95 Å². The number of rotatable bonds is 7. The molecular formula is C21H28N5O4SiY-. The topological polar surface area (TPSA) is 140 Å². The number of fused-ring (bicyclic) bond motifs is 1. The second-order valence-corrected chi connectivity index (χ2v) is 12.8. The number of anilines is 1. The van der Waals surface area contributed by atoms with Gasteiger partial charge in [-0.3, -0.25) is 4.98 Å². The minimum Gasteiger partial charge on any atom is -0.432 e. The normalized spacial score (nSPS) is 25.7. The molecule has 0 spiro atoms. The van der Waals surface area contributed by atoms with Crippen LogP contribution in [0.3, 0.4) is 0 Å². The van der Waals surface area contributed by atoms with Gasteiger partial charge in [-0.05, 0) is 36.8 Å². The van der Waals surface area contributed by atoms with E-state index < -0.39 is 32.5 Å². The monoisotopic (exact) mass is 531 g/mol. The Balaban J connectivity index is 0.00000289. The Labute approximate surface area is 213 Å². The number of nitrogens with zero attached hydrogens (tertiary/aromatic N) is 4. The molecule has 5 N–H and O–H groups in total. The van der Waals surface area contributed by atoms with Gasteiger partial charge in [0.1, 0.15) is 11.5 Å². The van der Waals surface area contributed by atoms with Crippen molar-refractivity contribution in [3.63, 3.8) is 0 Å². The van der Waals surface area contributed by atoms with E-state index in [1.807, 2.05) is 43.4 Å². The van der Waals surface area contributed by atoms with Gasteiger partial charge in [-0.1, -0.05) is 30.3 Å². The first-order valence-corrected chi connectivity index (χ1v) is 13.3. The Hall–Kier alpha value is -1.27. The van der Waals surface area contributed by atoms with Gasteiger partial charge in [-0.2, -0.15) is 0 Å². The molecule has 9 nitrogen and oxygen atoms in total. The molecule has 2 heterocycles. The van der Waals surface area contributed by atoms with Crippen LogP contribution < -0.4 is 5.73 Å². The summed E-state index contributed by atoms with van der Waals surface area (Å²) in [5.41, 5.74) is 5.89. The Morgan fingerprint density at radius 1 is 1.31 bits per heavy atom. The smallest absolute Gasteiger partial charge is 0.186 e. The van der Waals surface area contributed by atoms with Crippen LogP contribution >= 0.6 is 0 Å². The first kappa shape index (κ1) is 25.4. The molecule has 4 atom stereocenters. The van der Waals surface area contributed by atoms with Crippen molar-refractivity contribution in [3.05, 3.63) is 48.4 Å². The van der Waals surface area contributed by atoms with Crippen molar-refractivity contribution in [1.82, 2.24) is 19.5 Å². The van der Waals surface area contributed by atoms with Crippen LogP contribution in [0.5, 0.6) is 0 Å². The fourth-order valence-electron chi connectivity index (χ4n) is 4.72. The Morgan fingerprint density at radius 2 is 2.03 bits per heavy atom. The van der Waals surface area contributed by atoms with E-state index in [0.717, 1.165) is 5.56 Å². The van der Waals surface area contributed by atoms with Crippen LogP contribution in [-0.2, 0) is 44.1 Å². The number of aliphatic hydroxyl groups excluding tert-OH is 1. The number of imidazole rings is 1. The maximum atomic E-state index is 11.7. The third-order valence-corrected chi connectivity index (χ3v) is 8.80. The first-order valence-electron chi connectivity index (χ1n) is 10.3. The fourth-order valence-corrected chi connectivity index (χ4v) is 6.89. The van der Waals surface area contributed by atoms with Crippen LogP contribution in [0, 0.1) is 12.1 Å². The van der Waals surface area contributed by atoms with Crippen molar-refractivity contribution >= 4 is 25.4 Å². The molecule has 1 fully saturated rings. The third-order valence-electron chi connectivity index (χ3n) is 6.35. The van der Waals surface area contributed by atoms with Gasteiger partial charge in [-0.15, -0.1) is 0 Å². The SMILES string of the molecule is C[Si](C)(O)[C@H]1C[C@H](n2cnc3[c-]nc(N)nc32)[C@](O)(CO)[C@@H]1COCc1ccccc1.[Y]. The molecule has 2 aromatic heterocycles. The van der Waals surface area contributed by atoms with Gasteiger partial charge in [0, 0.05) is 49.8 Å². The molecule has 11 heteroatoms. The minimum atomic E-state index is -2.70. The third kappa shape index (κ3) is 4.82. The molecule has 1 aromatic carbocycles. The summed E-state index contributed by atoms with van der Waals surface area (Å²) >= 11 is 0. The molecular weight excluding hydrogens is 503 g/mol. The summed E-state index contributed by atoms with van der Waals surface area (Å²) in [7, 11) is -2.70. The molecule has 0 unspecified atom stereocenters. The van der Waals surface area contributed by atoms with Crippen LogP contribution in [0.2, 0.25) is 18.6 Å². The summed E-state index contributed by atoms with van der Waals surface area (Å²) in [4.78, 5) is 23.4. The van der Waals surface area contributed by atoms with Gasteiger partial charge in [-0.25, -0.2) is 0 Å². The summed E-state index contributed by atoms with van der Waals surface area (Å²) in [6, 6.07) is 9.20. The molecule has 1 radical (unpaired) electrons. The number of nitrogen functional groups attached to an aromatic ring is 1. The van der Waals surface area contributed by atoms with E-state index in [1.54, 1.807) is 10.9 Å². The Bertz CT molecular complexity index is 1050. The maximum absolute atomic E-state index is 11.7.